The minimum Gasteiger partial charge on any atom is -0.299 e. The molecule has 0 N–H and O–H groups in total. The molecule has 0 bridgehead atoms. The van der Waals surface area contributed by atoms with Gasteiger partial charge in [-0.1, -0.05) is 23.2 Å². The highest BCUT2D eigenvalue weighted by atomic mass is 35.5. The van der Waals surface area contributed by atoms with Crippen LogP contribution in [0.2, 0.25) is 10.0 Å². The van der Waals surface area contributed by atoms with Gasteiger partial charge in [-0.2, -0.15) is 0 Å². The quantitative estimate of drug-likeness (QED) is 0.793. The van der Waals surface area contributed by atoms with Crippen LogP contribution in [0.3, 0.4) is 0 Å². The molecule has 2 fully saturated rings. The summed E-state index contributed by atoms with van der Waals surface area (Å²) < 4.78 is 0. The monoisotopic (exact) mass is 326 g/mol. The first-order valence-electron chi connectivity index (χ1n) is 7.58. The number of likely N-dealkylation sites (tertiary alicyclic amines) is 2. The fourth-order valence-electron chi connectivity index (χ4n) is 3.36. The largest absolute Gasteiger partial charge is 0.299 e. The van der Waals surface area contributed by atoms with Gasteiger partial charge in [-0.05, 0) is 50.6 Å². The van der Waals surface area contributed by atoms with E-state index in [0.717, 1.165) is 13.1 Å². The maximum absolute atomic E-state index is 12.4. The summed E-state index contributed by atoms with van der Waals surface area (Å²) in [6.45, 7) is 4.88. The van der Waals surface area contributed by atoms with E-state index in [4.69, 9.17) is 23.2 Å². The minimum absolute atomic E-state index is 0.0822. The van der Waals surface area contributed by atoms with E-state index in [1.807, 2.05) is 0 Å². The second-order valence-electron chi connectivity index (χ2n) is 5.97. The fourth-order valence-corrected chi connectivity index (χ4v) is 3.88. The Labute approximate surface area is 135 Å². The normalized spacial score (nSPS) is 23.8. The van der Waals surface area contributed by atoms with Crippen molar-refractivity contribution in [1.82, 2.24) is 9.80 Å². The van der Waals surface area contributed by atoms with Crippen LogP contribution in [-0.4, -0.2) is 54.3 Å². The van der Waals surface area contributed by atoms with Crippen molar-refractivity contribution in [3.63, 3.8) is 0 Å². The number of benzene rings is 1. The Morgan fingerprint density at radius 2 is 1.95 bits per heavy atom. The Kier molecular flexibility index (Phi) is 4.85. The number of rotatable bonds is 4. The highest BCUT2D eigenvalue weighted by Crippen LogP contribution is 2.23. The van der Waals surface area contributed by atoms with E-state index in [9.17, 15) is 4.79 Å². The smallest absolute Gasteiger partial charge is 0.178 e. The molecular formula is C16H20Cl2N2O. The predicted octanol–water partition coefficient (Wildman–Crippen LogP) is 3.35. The lowest BCUT2D eigenvalue weighted by Crippen LogP contribution is -2.36. The molecule has 2 heterocycles. The molecule has 0 spiro atoms. The van der Waals surface area contributed by atoms with Crippen molar-refractivity contribution in [3.05, 3.63) is 33.8 Å². The van der Waals surface area contributed by atoms with E-state index < -0.39 is 0 Å². The molecule has 0 aliphatic carbocycles. The Balaban J connectivity index is 1.58. The summed E-state index contributed by atoms with van der Waals surface area (Å²) in [5.74, 6) is 0.0822. The van der Waals surface area contributed by atoms with Gasteiger partial charge >= 0.3 is 0 Å². The molecule has 0 saturated carbocycles. The maximum atomic E-state index is 12.4. The van der Waals surface area contributed by atoms with E-state index in [1.54, 1.807) is 18.2 Å². The van der Waals surface area contributed by atoms with E-state index in [0.29, 0.717) is 28.2 Å². The number of hydrogen-bond donors (Lipinski definition) is 0. The van der Waals surface area contributed by atoms with E-state index >= 15 is 0 Å². The summed E-state index contributed by atoms with van der Waals surface area (Å²) in [6, 6.07) is 5.70. The van der Waals surface area contributed by atoms with Crippen molar-refractivity contribution in [2.75, 3.05) is 32.7 Å². The number of nitrogens with zero attached hydrogens (tertiary/aromatic N) is 2. The van der Waals surface area contributed by atoms with E-state index in [1.165, 1.54) is 32.4 Å². The van der Waals surface area contributed by atoms with Crippen LogP contribution < -0.4 is 0 Å². The highest BCUT2D eigenvalue weighted by Gasteiger charge is 2.30. The van der Waals surface area contributed by atoms with Gasteiger partial charge in [-0.3, -0.25) is 14.6 Å². The maximum Gasteiger partial charge on any atom is 0.178 e. The molecule has 2 saturated heterocycles. The van der Waals surface area contributed by atoms with E-state index in [-0.39, 0.29) is 5.78 Å². The summed E-state index contributed by atoms with van der Waals surface area (Å²) in [5.41, 5.74) is 0.575. The molecule has 21 heavy (non-hydrogen) atoms. The first-order chi connectivity index (χ1) is 10.1. The summed E-state index contributed by atoms with van der Waals surface area (Å²) in [4.78, 5) is 17.2. The lowest BCUT2D eigenvalue weighted by molar-refractivity contribution is 0.0940. The van der Waals surface area contributed by atoms with Gasteiger partial charge in [-0.25, -0.2) is 0 Å². The van der Waals surface area contributed by atoms with Gasteiger partial charge in [0.2, 0.25) is 0 Å². The predicted molar refractivity (Wildman–Crippen MR) is 86.4 cm³/mol. The van der Waals surface area contributed by atoms with Crippen LogP contribution >= 0.6 is 23.2 Å². The van der Waals surface area contributed by atoms with Crippen molar-refractivity contribution in [2.45, 2.75) is 25.3 Å². The SMILES string of the molecule is O=C(CN1CCC(N2CCCC2)C1)c1ccc(Cl)cc1Cl. The summed E-state index contributed by atoms with van der Waals surface area (Å²) in [6.07, 6.45) is 3.80. The summed E-state index contributed by atoms with van der Waals surface area (Å²) in [7, 11) is 0. The molecule has 1 aromatic rings. The molecular weight excluding hydrogens is 307 g/mol. The van der Waals surface area contributed by atoms with Crippen molar-refractivity contribution in [2.24, 2.45) is 0 Å². The third-order valence-corrected chi connectivity index (χ3v) is 5.05. The molecule has 114 valence electrons. The van der Waals surface area contributed by atoms with Crippen LogP contribution in [0.1, 0.15) is 29.6 Å². The van der Waals surface area contributed by atoms with Crippen molar-refractivity contribution < 1.29 is 4.79 Å². The number of halogens is 2. The zero-order valence-corrected chi connectivity index (χ0v) is 13.5. The van der Waals surface area contributed by atoms with Gasteiger partial charge in [0.25, 0.3) is 0 Å². The third-order valence-electron chi connectivity index (χ3n) is 4.50. The average Bonchev–Trinajstić information content (AvgIpc) is 3.08. The minimum atomic E-state index is 0.0822. The molecule has 2 aliphatic heterocycles. The second-order valence-corrected chi connectivity index (χ2v) is 6.81. The Morgan fingerprint density at radius 1 is 1.19 bits per heavy atom. The molecule has 2 aliphatic rings. The van der Waals surface area contributed by atoms with Gasteiger partial charge < -0.3 is 0 Å². The second kappa shape index (κ2) is 6.66. The van der Waals surface area contributed by atoms with Crippen molar-refractivity contribution in [3.8, 4) is 0 Å². The van der Waals surface area contributed by atoms with Crippen molar-refractivity contribution in [1.29, 1.82) is 0 Å². The number of hydrogen-bond acceptors (Lipinski definition) is 3. The number of carbonyl (C=O) groups is 1. The van der Waals surface area contributed by atoms with Gasteiger partial charge in [-0.15, -0.1) is 0 Å². The van der Waals surface area contributed by atoms with Crippen LogP contribution in [0.5, 0.6) is 0 Å². The molecule has 3 rings (SSSR count). The molecule has 1 unspecified atom stereocenters. The van der Waals surface area contributed by atoms with Crippen LogP contribution in [0.15, 0.2) is 18.2 Å². The first kappa shape index (κ1) is 15.3. The number of carbonyl (C=O) groups excluding carboxylic acids is 1. The third kappa shape index (κ3) is 3.59. The van der Waals surface area contributed by atoms with Crippen LogP contribution in [0.25, 0.3) is 0 Å². The standard InChI is InChI=1S/C16H20Cl2N2O/c17-12-3-4-14(15(18)9-12)16(21)11-19-8-5-13(10-19)20-6-1-2-7-20/h3-4,9,13H,1-2,5-8,10-11H2. The van der Waals surface area contributed by atoms with Crippen LogP contribution in [0.4, 0.5) is 0 Å². The van der Waals surface area contributed by atoms with E-state index in [2.05, 4.69) is 9.80 Å². The number of ketones is 1. The molecule has 5 heteroatoms. The molecule has 0 aromatic heterocycles. The lowest BCUT2D eigenvalue weighted by Gasteiger charge is -2.23. The average molecular weight is 327 g/mol. The van der Waals surface area contributed by atoms with Crippen LogP contribution in [-0.2, 0) is 0 Å². The van der Waals surface area contributed by atoms with Crippen molar-refractivity contribution >= 4 is 29.0 Å². The molecule has 1 atom stereocenters. The first-order valence-corrected chi connectivity index (χ1v) is 8.34. The fraction of sp³-hybridized carbons (Fsp3) is 0.562. The Hall–Kier alpha value is -0.610. The lowest BCUT2D eigenvalue weighted by atomic mass is 10.1. The molecule has 0 radical (unpaired) electrons. The highest BCUT2D eigenvalue weighted by molar-refractivity contribution is 6.36. The summed E-state index contributed by atoms with van der Waals surface area (Å²) in [5, 5.41) is 1.01. The molecule has 0 amide bonds. The van der Waals surface area contributed by atoms with Gasteiger partial charge in [0, 0.05) is 29.7 Å². The van der Waals surface area contributed by atoms with Crippen LogP contribution in [0, 0.1) is 0 Å². The zero-order valence-electron chi connectivity index (χ0n) is 12.0. The number of Topliss-reactive ketones (excluding diaryl/α,β-unsaturated/α-hetero) is 1. The van der Waals surface area contributed by atoms with Gasteiger partial charge in [0.1, 0.15) is 0 Å². The zero-order chi connectivity index (χ0) is 14.8. The summed E-state index contributed by atoms with van der Waals surface area (Å²) >= 11 is 12.0. The topological polar surface area (TPSA) is 23.6 Å². The molecule has 3 nitrogen and oxygen atoms in total. The van der Waals surface area contributed by atoms with Gasteiger partial charge in [0.15, 0.2) is 5.78 Å². The van der Waals surface area contributed by atoms with Gasteiger partial charge in [0.05, 0.1) is 11.6 Å². The molecule has 1 aromatic carbocycles. The Bertz CT molecular complexity index is 529. The Morgan fingerprint density at radius 3 is 2.67 bits per heavy atom.